The SMILES string of the molecule is CC(=O)NC1CCCC1C(=O)N[C@H](CC(=O)NC1CCCC1C(=O)NC[C@H](CC(C)C)C(=O)NC1CNCC1C(=O)NC1CNCC1C(=O)N[C@H](CC(=O)NC1CCCC1C(=O)NC[C@@H](Cc1ccc(O)cc1)C(=O)NC1CNCC1C(=O)NC1CNCC1C(=O)N[C@H](CC(=O)NC1CNCC1C(N)=O)C(C)C)Cc1cccc2ccccc12)Cc1c[nH]c2ccccc12. The maximum Gasteiger partial charge on any atom is 0.226 e. The van der Waals surface area contributed by atoms with Crippen molar-refractivity contribution in [3.63, 3.8) is 0 Å². The highest BCUT2D eigenvalue weighted by atomic mass is 16.3. The van der Waals surface area contributed by atoms with Gasteiger partial charge in [-0.25, -0.2) is 0 Å². The Balaban J connectivity index is 0.594. The summed E-state index contributed by atoms with van der Waals surface area (Å²) in [6.45, 7) is 11.8. The van der Waals surface area contributed by atoms with Crippen LogP contribution >= 0.6 is 0 Å². The van der Waals surface area contributed by atoms with Gasteiger partial charge in [0.05, 0.1) is 89.4 Å². The molecule has 4 aromatic carbocycles. The average Bonchev–Trinajstić information content (AvgIpc) is 1.77. The molecule has 5 saturated heterocycles. The summed E-state index contributed by atoms with van der Waals surface area (Å²) in [6, 6.07) is 21.5. The van der Waals surface area contributed by atoms with E-state index >= 15 is 0 Å². The van der Waals surface area contributed by atoms with Crippen LogP contribution in [0.15, 0.2) is 97.2 Å². The molecule has 21 atom stereocenters. The molecule has 0 spiro atoms. The van der Waals surface area contributed by atoms with Gasteiger partial charge in [0.25, 0.3) is 0 Å². The Bertz CT molecular complexity index is 4830. The Morgan fingerprint density at radius 3 is 1.35 bits per heavy atom. The van der Waals surface area contributed by atoms with E-state index in [9.17, 15) is 72.2 Å². The number of nitrogens with one attached hydrogen (secondary N) is 19. The van der Waals surface area contributed by atoms with E-state index in [0.29, 0.717) is 89.4 Å². The molecule has 22 N–H and O–H groups in total. The third kappa shape index (κ3) is 25.5. The number of aromatic nitrogens is 1. The van der Waals surface area contributed by atoms with Gasteiger partial charge in [0, 0.05) is 158 Å². The number of carbonyl (C=O) groups excluding carboxylic acids is 14. The van der Waals surface area contributed by atoms with Crippen molar-refractivity contribution in [2.75, 3.05) is 78.5 Å². The lowest BCUT2D eigenvalue weighted by molar-refractivity contribution is -0.132. The fourth-order valence-corrected chi connectivity index (χ4v) is 20.5. The van der Waals surface area contributed by atoms with Crippen molar-refractivity contribution in [2.24, 2.45) is 76.7 Å². The van der Waals surface area contributed by atoms with E-state index in [-0.39, 0.29) is 174 Å². The number of aromatic hydroxyl groups is 1. The zero-order valence-electron chi connectivity index (χ0n) is 74.6. The highest BCUT2D eigenvalue weighted by Gasteiger charge is 2.46. The number of primary amides is 1. The van der Waals surface area contributed by atoms with Crippen LogP contribution in [0.5, 0.6) is 5.75 Å². The second kappa shape index (κ2) is 44.9. The fraction of sp³-hybridized carbons (Fsp3) is 0.596. The van der Waals surface area contributed by atoms with Gasteiger partial charge in [-0.05, 0) is 122 Å². The average molecular weight is 1780 g/mol. The second-order valence-electron chi connectivity index (χ2n) is 37.8. The zero-order valence-corrected chi connectivity index (χ0v) is 74.6. The third-order valence-corrected chi connectivity index (χ3v) is 27.6. The number of nitrogens with two attached hydrogens (primary N) is 1. The lowest BCUT2D eigenvalue weighted by Crippen LogP contribution is -2.54. The molecule has 35 nitrogen and oxygen atoms in total. The maximum atomic E-state index is 14.9. The summed E-state index contributed by atoms with van der Waals surface area (Å²) >= 11 is 0. The molecule has 8 fully saturated rings. The van der Waals surface area contributed by atoms with Crippen molar-refractivity contribution in [1.82, 2.24) is 101 Å². The Morgan fingerprint density at radius 2 is 0.822 bits per heavy atom. The number of H-pyrrole nitrogens is 1. The summed E-state index contributed by atoms with van der Waals surface area (Å²) < 4.78 is 0. The van der Waals surface area contributed by atoms with Crippen LogP contribution in [-0.2, 0) is 86.4 Å². The smallest absolute Gasteiger partial charge is 0.226 e. The van der Waals surface area contributed by atoms with Gasteiger partial charge in [-0.2, -0.15) is 0 Å². The number of carbonyl (C=O) groups is 14. The van der Waals surface area contributed by atoms with Gasteiger partial charge in [0.2, 0.25) is 82.7 Å². The molecule has 35 heteroatoms. The molecule has 3 saturated carbocycles. The van der Waals surface area contributed by atoms with Crippen LogP contribution in [0, 0.1) is 71.0 Å². The van der Waals surface area contributed by atoms with Crippen LogP contribution in [0.4, 0.5) is 0 Å². The van der Waals surface area contributed by atoms with Crippen molar-refractivity contribution in [3.05, 3.63) is 114 Å². The zero-order chi connectivity index (χ0) is 91.5. The summed E-state index contributed by atoms with van der Waals surface area (Å²) in [5, 5.41) is 69.1. The van der Waals surface area contributed by atoms with Crippen molar-refractivity contribution in [3.8, 4) is 5.75 Å². The van der Waals surface area contributed by atoms with Gasteiger partial charge in [-0.15, -0.1) is 0 Å². The number of para-hydroxylation sites is 1. The summed E-state index contributed by atoms with van der Waals surface area (Å²) in [5.41, 5.74) is 9.01. The highest BCUT2D eigenvalue weighted by Crippen LogP contribution is 2.32. The molecule has 129 heavy (non-hydrogen) atoms. The minimum absolute atomic E-state index is 0.00953. The number of aromatic amines is 1. The normalized spacial score (nSPS) is 26.5. The Hall–Kier alpha value is -11.1. The largest absolute Gasteiger partial charge is 0.508 e. The fourth-order valence-electron chi connectivity index (χ4n) is 20.5. The highest BCUT2D eigenvalue weighted by molar-refractivity contribution is 5.92. The number of phenolic OH excluding ortho intramolecular Hbond substituents is 1. The third-order valence-electron chi connectivity index (χ3n) is 27.6. The first-order valence-corrected chi connectivity index (χ1v) is 46.5. The van der Waals surface area contributed by atoms with Crippen molar-refractivity contribution in [1.29, 1.82) is 0 Å². The molecule has 0 bridgehead atoms. The van der Waals surface area contributed by atoms with Gasteiger partial charge in [-0.3, -0.25) is 67.1 Å². The number of benzene rings is 4. The molecule has 5 aromatic rings. The molecule has 16 unspecified atom stereocenters. The first-order chi connectivity index (χ1) is 62.1. The molecule has 8 aliphatic rings. The van der Waals surface area contributed by atoms with Gasteiger partial charge < -0.3 is 112 Å². The van der Waals surface area contributed by atoms with Gasteiger partial charge in [0.15, 0.2) is 0 Å². The Labute approximate surface area is 752 Å². The van der Waals surface area contributed by atoms with Crippen LogP contribution in [0.25, 0.3) is 21.7 Å². The number of phenols is 1. The first-order valence-electron chi connectivity index (χ1n) is 46.5. The number of hydrogen-bond acceptors (Lipinski definition) is 20. The molecule has 3 aliphatic carbocycles. The minimum atomic E-state index is -0.868. The lowest BCUT2D eigenvalue weighted by Gasteiger charge is -2.28. The monoisotopic (exact) mass is 1780 g/mol. The molecule has 1 aromatic heterocycles. The van der Waals surface area contributed by atoms with Crippen LogP contribution in [-0.4, -0.2) is 238 Å². The van der Waals surface area contributed by atoms with Gasteiger partial charge >= 0.3 is 0 Å². The van der Waals surface area contributed by atoms with Crippen LogP contribution in [0.1, 0.15) is 135 Å². The summed E-state index contributed by atoms with van der Waals surface area (Å²) in [7, 11) is 0. The number of rotatable bonds is 40. The van der Waals surface area contributed by atoms with E-state index in [2.05, 4.69) is 101 Å². The van der Waals surface area contributed by atoms with E-state index in [1.165, 1.54) is 19.1 Å². The molecular weight excluding hydrogens is 1650 g/mol. The topological polar surface area (TPSA) is 518 Å². The van der Waals surface area contributed by atoms with Crippen LogP contribution in [0.3, 0.4) is 0 Å². The van der Waals surface area contributed by atoms with E-state index in [0.717, 1.165) is 39.2 Å². The molecule has 5 aliphatic heterocycles. The standard InChI is InChI=1S/C94H132N20O15/c1-50(2)30-57(38-102-88(123)64-19-11-24-74(64)108-83(118)35-60(33-56-37-101-72-22-9-8-18-63(56)72)105-90(125)66-21-13-23-73(66)104-52(5)115)86(121)111-78-46-98-42-69(78)93(128)113-80-48-97-41-68(80)91(126)106-59(32-55-16-10-15-54-14-6-7-17-62(54)55)34-82(117)107-75-25-12-20-65(75)89(124)103-39-58(31-53-26-28-61(116)29-27-53)87(122)112-79-47-99-43-70(79)94(129)114-81-49-100-44-71(81)92(127)110-76(51(3)4)36-84(119)109-77-45-96-40-67(77)85(95)120/h6-10,14-18,22,26-29,37,50-51,57-60,64-71,73-81,96-101,116H,11-13,19-21,23-25,30-36,38-49H2,1-5H3,(H2,95,120)(H,102,123)(H,103,124)(H,104,115)(H,105,125)(H,106,126)(H,107,117)(H,108,118)(H,109,119)(H,110,127)(H,111,121)(H,112,122)(H,113,128)(H,114,129)/t57-,58+,59-,60-,64?,65?,66?,67?,68?,69?,70?,71?,73?,74?,75?,76+,77?,78?,79?,80?,81?/m0/s1. The molecular formula is C94H132N20O15. The minimum Gasteiger partial charge on any atom is -0.508 e. The molecule has 0 radical (unpaired) electrons. The van der Waals surface area contributed by atoms with Crippen molar-refractivity contribution in [2.45, 2.75) is 204 Å². The van der Waals surface area contributed by atoms with E-state index in [4.69, 9.17) is 5.73 Å². The second-order valence-corrected chi connectivity index (χ2v) is 37.8. The summed E-state index contributed by atoms with van der Waals surface area (Å²) in [6.07, 6.45) is 8.14. The molecule has 13 rings (SSSR count). The Morgan fingerprint density at radius 1 is 0.395 bits per heavy atom. The quantitative estimate of drug-likeness (QED) is 0.0240. The number of fused-ring (bicyclic) bond motifs is 2. The van der Waals surface area contributed by atoms with E-state index in [1.807, 2.05) is 101 Å². The van der Waals surface area contributed by atoms with E-state index < -0.39 is 143 Å². The number of amides is 14. The first kappa shape index (κ1) is 95.4. The van der Waals surface area contributed by atoms with Crippen molar-refractivity contribution >= 4 is 104 Å². The molecule has 698 valence electrons. The Kier molecular flexibility index (Phi) is 33.2. The van der Waals surface area contributed by atoms with Crippen molar-refractivity contribution < 1.29 is 72.2 Å². The maximum absolute atomic E-state index is 14.9. The summed E-state index contributed by atoms with van der Waals surface area (Å²) in [5.74, 6) is -11.8. The van der Waals surface area contributed by atoms with Crippen LogP contribution in [0.2, 0.25) is 0 Å². The lowest BCUT2D eigenvalue weighted by atomic mass is 9.93. The van der Waals surface area contributed by atoms with Crippen LogP contribution < -0.4 is 101 Å². The van der Waals surface area contributed by atoms with E-state index in [1.54, 1.807) is 12.1 Å². The number of hydrogen-bond donors (Lipinski definition) is 21. The molecule has 6 heterocycles. The van der Waals surface area contributed by atoms with Gasteiger partial charge in [-0.1, -0.05) is 120 Å². The predicted octanol–water partition coefficient (Wildman–Crippen LogP) is -0.273. The van der Waals surface area contributed by atoms with Gasteiger partial charge in [0.1, 0.15) is 5.75 Å². The predicted molar refractivity (Wildman–Crippen MR) is 483 cm³/mol. The molecule has 14 amide bonds. The summed E-state index contributed by atoms with van der Waals surface area (Å²) in [4.78, 5) is 199.